The zero-order chi connectivity index (χ0) is 13.2. The van der Waals surface area contributed by atoms with Crippen LogP contribution in [0.15, 0.2) is 42.7 Å². The van der Waals surface area contributed by atoms with E-state index in [4.69, 9.17) is 17.3 Å². The van der Waals surface area contributed by atoms with Crippen LogP contribution in [-0.2, 0) is 0 Å². The first-order valence-corrected chi connectivity index (χ1v) is 6.00. The molecule has 3 aromatic rings. The van der Waals surface area contributed by atoms with E-state index in [0.717, 1.165) is 16.5 Å². The third-order valence-electron chi connectivity index (χ3n) is 2.66. The Balaban J connectivity index is 2.05. The minimum Gasteiger partial charge on any atom is -0.368 e. The van der Waals surface area contributed by atoms with E-state index in [2.05, 4.69) is 20.3 Å². The molecule has 6 heteroatoms. The van der Waals surface area contributed by atoms with Crippen LogP contribution in [0.5, 0.6) is 0 Å². The van der Waals surface area contributed by atoms with Crippen molar-refractivity contribution in [2.45, 2.75) is 0 Å². The van der Waals surface area contributed by atoms with E-state index in [-0.39, 0.29) is 5.95 Å². The SMILES string of the molecule is Nc1nc(Cl)cc(Nc2cccc3ccncc23)n1. The lowest BCUT2D eigenvalue weighted by Gasteiger charge is -2.09. The van der Waals surface area contributed by atoms with Crippen molar-refractivity contribution < 1.29 is 0 Å². The Kier molecular flexibility index (Phi) is 2.89. The van der Waals surface area contributed by atoms with Crippen molar-refractivity contribution in [3.63, 3.8) is 0 Å². The summed E-state index contributed by atoms with van der Waals surface area (Å²) in [5, 5.41) is 5.56. The molecule has 0 radical (unpaired) electrons. The summed E-state index contributed by atoms with van der Waals surface area (Å²) in [6.45, 7) is 0. The van der Waals surface area contributed by atoms with Crippen LogP contribution < -0.4 is 11.1 Å². The van der Waals surface area contributed by atoms with E-state index in [1.165, 1.54) is 0 Å². The molecule has 2 aromatic heterocycles. The number of nitrogens with one attached hydrogen (secondary N) is 1. The minimum atomic E-state index is 0.133. The van der Waals surface area contributed by atoms with Gasteiger partial charge in [-0.05, 0) is 17.5 Å². The summed E-state index contributed by atoms with van der Waals surface area (Å²) in [4.78, 5) is 12.0. The quantitative estimate of drug-likeness (QED) is 0.701. The highest BCUT2D eigenvalue weighted by molar-refractivity contribution is 6.29. The van der Waals surface area contributed by atoms with Gasteiger partial charge in [-0.25, -0.2) is 4.98 Å². The van der Waals surface area contributed by atoms with Crippen LogP contribution in [-0.4, -0.2) is 15.0 Å². The summed E-state index contributed by atoms with van der Waals surface area (Å²) in [5.41, 5.74) is 6.46. The molecule has 94 valence electrons. The Hall–Kier alpha value is -2.40. The summed E-state index contributed by atoms with van der Waals surface area (Å²) < 4.78 is 0. The summed E-state index contributed by atoms with van der Waals surface area (Å²) >= 11 is 5.85. The van der Waals surface area contributed by atoms with E-state index < -0.39 is 0 Å². The topological polar surface area (TPSA) is 76.7 Å². The van der Waals surface area contributed by atoms with Gasteiger partial charge in [0.15, 0.2) is 0 Å². The molecule has 0 fully saturated rings. The largest absolute Gasteiger partial charge is 0.368 e. The van der Waals surface area contributed by atoms with Gasteiger partial charge in [-0.2, -0.15) is 4.98 Å². The molecule has 1 aromatic carbocycles. The van der Waals surface area contributed by atoms with Crippen molar-refractivity contribution in [3.05, 3.63) is 47.9 Å². The molecule has 0 aliphatic heterocycles. The van der Waals surface area contributed by atoms with Gasteiger partial charge < -0.3 is 11.1 Å². The second kappa shape index (κ2) is 4.70. The predicted molar refractivity (Wildman–Crippen MR) is 76.5 cm³/mol. The maximum absolute atomic E-state index is 5.85. The Bertz CT molecular complexity index is 718. The zero-order valence-electron chi connectivity index (χ0n) is 9.84. The number of aromatic nitrogens is 3. The van der Waals surface area contributed by atoms with Crippen molar-refractivity contribution in [3.8, 4) is 0 Å². The van der Waals surface area contributed by atoms with Crippen molar-refractivity contribution >= 4 is 39.8 Å². The van der Waals surface area contributed by atoms with Crippen LogP contribution in [0.2, 0.25) is 5.15 Å². The normalized spacial score (nSPS) is 10.6. The fraction of sp³-hybridized carbons (Fsp3) is 0. The van der Waals surface area contributed by atoms with E-state index >= 15 is 0 Å². The Morgan fingerprint density at radius 1 is 1.16 bits per heavy atom. The predicted octanol–water partition coefficient (Wildman–Crippen LogP) is 3.00. The molecule has 0 spiro atoms. The molecule has 0 aliphatic rings. The first kappa shape index (κ1) is 11.7. The number of fused-ring (bicyclic) bond motifs is 1. The standard InChI is InChI=1S/C13H10ClN5/c14-11-6-12(19-13(15)18-11)17-10-3-1-2-8-4-5-16-7-9(8)10/h1-7H,(H3,15,17,18,19). The number of hydrogen-bond acceptors (Lipinski definition) is 5. The summed E-state index contributed by atoms with van der Waals surface area (Å²) in [5.74, 6) is 0.683. The average Bonchev–Trinajstić information content (AvgIpc) is 2.38. The maximum atomic E-state index is 5.85. The monoisotopic (exact) mass is 271 g/mol. The van der Waals surface area contributed by atoms with Crippen molar-refractivity contribution in [1.82, 2.24) is 15.0 Å². The lowest BCUT2D eigenvalue weighted by atomic mass is 10.1. The van der Waals surface area contributed by atoms with Crippen molar-refractivity contribution in [1.29, 1.82) is 0 Å². The highest BCUT2D eigenvalue weighted by atomic mass is 35.5. The lowest BCUT2D eigenvalue weighted by molar-refractivity contribution is 1.19. The fourth-order valence-corrected chi connectivity index (χ4v) is 2.05. The van der Waals surface area contributed by atoms with Crippen LogP contribution in [0.3, 0.4) is 0 Å². The van der Waals surface area contributed by atoms with Crippen LogP contribution in [0.1, 0.15) is 0 Å². The Morgan fingerprint density at radius 2 is 2.05 bits per heavy atom. The van der Waals surface area contributed by atoms with Gasteiger partial charge in [0, 0.05) is 29.5 Å². The molecule has 2 heterocycles. The van der Waals surface area contributed by atoms with E-state index in [1.54, 1.807) is 18.5 Å². The highest BCUT2D eigenvalue weighted by Crippen LogP contribution is 2.25. The van der Waals surface area contributed by atoms with E-state index in [0.29, 0.717) is 11.0 Å². The maximum Gasteiger partial charge on any atom is 0.223 e. The number of rotatable bonds is 2. The molecule has 0 atom stereocenters. The lowest BCUT2D eigenvalue weighted by Crippen LogP contribution is -2.00. The van der Waals surface area contributed by atoms with E-state index in [1.807, 2.05) is 24.3 Å². The zero-order valence-corrected chi connectivity index (χ0v) is 10.6. The van der Waals surface area contributed by atoms with Gasteiger partial charge in [0.2, 0.25) is 5.95 Å². The smallest absolute Gasteiger partial charge is 0.223 e. The molecule has 0 saturated heterocycles. The number of pyridine rings is 1. The first-order valence-electron chi connectivity index (χ1n) is 5.62. The number of halogens is 1. The number of nitrogens with zero attached hydrogens (tertiary/aromatic N) is 3. The Labute approximate surface area is 114 Å². The number of nitrogen functional groups attached to an aromatic ring is 1. The van der Waals surface area contributed by atoms with E-state index in [9.17, 15) is 0 Å². The number of hydrogen-bond donors (Lipinski definition) is 2. The van der Waals surface area contributed by atoms with Gasteiger partial charge >= 0.3 is 0 Å². The summed E-state index contributed by atoms with van der Waals surface area (Å²) in [6.07, 6.45) is 3.55. The van der Waals surface area contributed by atoms with Crippen LogP contribution in [0, 0.1) is 0 Å². The number of benzene rings is 1. The molecule has 19 heavy (non-hydrogen) atoms. The molecule has 0 unspecified atom stereocenters. The second-order valence-corrected chi connectivity index (χ2v) is 4.35. The minimum absolute atomic E-state index is 0.133. The number of anilines is 3. The molecule has 0 aliphatic carbocycles. The molecule has 0 bridgehead atoms. The van der Waals surface area contributed by atoms with Crippen LogP contribution in [0.4, 0.5) is 17.5 Å². The highest BCUT2D eigenvalue weighted by Gasteiger charge is 2.04. The second-order valence-electron chi connectivity index (χ2n) is 3.96. The summed E-state index contributed by atoms with van der Waals surface area (Å²) in [6, 6.07) is 9.48. The molecule has 5 nitrogen and oxygen atoms in total. The fourth-order valence-electron chi connectivity index (χ4n) is 1.86. The first-order chi connectivity index (χ1) is 9.22. The summed E-state index contributed by atoms with van der Waals surface area (Å²) in [7, 11) is 0. The Morgan fingerprint density at radius 3 is 2.89 bits per heavy atom. The van der Waals surface area contributed by atoms with Gasteiger partial charge in [0.05, 0.1) is 0 Å². The van der Waals surface area contributed by atoms with Crippen molar-refractivity contribution in [2.24, 2.45) is 0 Å². The van der Waals surface area contributed by atoms with Crippen molar-refractivity contribution in [2.75, 3.05) is 11.1 Å². The van der Waals surface area contributed by atoms with Crippen LogP contribution in [0.25, 0.3) is 10.8 Å². The van der Waals surface area contributed by atoms with Gasteiger partial charge in [-0.1, -0.05) is 23.7 Å². The van der Waals surface area contributed by atoms with Gasteiger partial charge in [-0.15, -0.1) is 0 Å². The molecular weight excluding hydrogens is 262 g/mol. The molecule has 3 N–H and O–H groups in total. The molecule has 3 rings (SSSR count). The molecule has 0 amide bonds. The van der Waals surface area contributed by atoms with Crippen LogP contribution >= 0.6 is 11.6 Å². The van der Waals surface area contributed by atoms with Gasteiger partial charge in [-0.3, -0.25) is 4.98 Å². The third-order valence-corrected chi connectivity index (χ3v) is 2.85. The molecule has 0 saturated carbocycles. The molecular formula is C13H10ClN5. The third kappa shape index (κ3) is 2.41. The van der Waals surface area contributed by atoms with Gasteiger partial charge in [0.1, 0.15) is 11.0 Å². The number of nitrogens with two attached hydrogens (primary N) is 1. The van der Waals surface area contributed by atoms with Gasteiger partial charge in [0.25, 0.3) is 0 Å². The average molecular weight is 272 g/mol.